The fourth-order valence-corrected chi connectivity index (χ4v) is 2.78. The van der Waals surface area contributed by atoms with Crippen molar-refractivity contribution in [2.45, 2.75) is 52.2 Å². The van der Waals surface area contributed by atoms with Gasteiger partial charge in [0.2, 0.25) is 0 Å². The summed E-state index contributed by atoms with van der Waals surface area (Å²) in [6.07, 6.45) is -0.791. The molecule has 1 aromatic rings. The van der Waals surface area contributed by atoms with Gasteiger partial charge in [-0.05, 0) is 26.3 Å². The van der Waals surface area contributed by atoms with Crippen LogP contribution >= 0.6 is 0 Å². The summed E-state index contributed by atoms with van der Waals surface area (Å²) >= 11 is 0. The van der Waals surface area contributed by atoms with Crippen LogP contribution < -0.4 is 0 Å². The normalized spacial score (nSPS) is 18.9. The summed E-state index contributed by atoms with van der Waals surface area (Å²) in [5, 5.41) is 0. The lowest BCUT2D eigenvalue weighted by Crippen LogP contribution is -2.49. The van der Waals surface area contributed by atoms with E-state index >= 15 is 0 Å². The van der Waals surface area contributed by atoms with Crippen LogP contribution in [0.5, 0.6) is 0 Å². The van der Waals surface area contributed by atoms with Gasteiger partial charge in [-0.15, -0.1) is 0 Å². The van der Waals surface area contributed by atoms with Crippen LogP contribution in [0.3, 0.4) is 0 Å². The van der Waals surface area contributed by atoms with Crippen molar-refractivity contribution >= 4 is 18.0 Å². The summed E-state index contributed by atoms with van der Waals surface area (Å²) in [5.41, 5.74) is -1.10. The second kappa shape index (κ2) is 9.39. The fourth-order valence-electron chi connectivity index (χ4n) is 2.78. The van der Waals surface area contributed by atoms with Gasteiger partial charge in [-0.1, -0.05) is 44.2 Å². The number of amides is 1. The van der Waals surface area contributed by atoms with Crippen LogP contribution in [0.1, 0.15) is 46.6 Å². The highest BCUT2D eigenvalue weighted by atomic mass is 16.6. The number of nitrogens with zero attached hydrogens (tertiary/aromatic N) is 1. The van der Waals surface area contributed by atoms with E-state index in [1.165, 1.54) is 12.0 Å². The minimum atomic E-state index is -1.11. The Morgan fingerprint density at radius 1 is 1.15 bits per heavy atom. The average Bonchev–Trinajstić information content (AvgIpc) is 2.93. The molecule has 1 aliphatic heterocycles. The van der Waals surface area contributed by atoms with Crippen LogP contribution in [0.2, 0.25) is 0 Å². The molecule has 7 nitrogen and oxygen atoms in total. The zero-order chi connectivity index (χ0) is 20.7. The molecule has 1 fully saturated rings. The number of ether oxygens (including phenoxy) is 3. The Bertz CT molecular complexity index is 652. The smallest absolute Gasteiger partial charge is 0.411 e. The lowest BCUT2D eigenvalue weighted by molar-refractivity contribution is -0.157. The second-order valence-corrected chi connectivity index (χ2v) is 6.88. The standard InChI is InChI=1S/C18H23NO6.C2H6/c1-17(2,3)25-15(21)11-19-16(22)24-12-18(19,10-14(20)23-4)13-8-6-5-7-9-13;1-2/h5-9H,10-12H2,1-4H3;1-2H3. The Hall–Kier alpha value is -2.57. The quantitative estimate of drug-likeness (QED) is 0.577. The minimum absolute atomic E-state index is 0.0479. The summed E-state index contributed by atoms with van der Waals surface area (Å²) in [5.74, 6) is -1.08. The van der Waals surface area contributed by atoms with Crippen LogP contribution in [0, 0.1) is 0 Å². The molecule has 0 aromatic heterocycles. The molecular weight excluding hydrogens is 350 g/mol. The van der Waals surface area contributed by atoms with E-state index in [0.717, 1.165) is 0 Å². The fraction of sp³-hybridized carbons (Fsp3) is 0.550. The number of hydrogen-bond acceptors (Lipinski definition) is 6. The third kappa shape index (κ3) is 5.70. The Kier molecular flexibility index (Phi) is 7.82. The average molecular weight is 379 g/mol. The molecule has 1 heterocycles. The molecule has 1 saturated heterocycles. The number of methoxy groups -OCH3 is 1. The van der Waals surface area contributed by atoms with Crippen LogP contribution in [0.25, 0.3) is 0 Å². The first kappa shape index (κ1) is 22.5. The Labute approximate surface area is 160 Å². The summed E-state index contributed by atoms with van der Waals surface area (Å²) in [6, 6.07) is 8.98. The molecule has 7 heteroatoms. The van der Waals surface area contributed by atoms with Crippen molar-refractivity contribution in [3.8, 4) is 0 Å². The molecule has 27 heavy (non-hydrogen) atoms. The van der Waals surface area contributed by atoms with E-state index in [1.54, 1.807) is 45.0 Å². The van der Waals surface area contributed by atoms with Gasteiger partial charge < -0.3 is 14.2 Å². The van der Waals surface area contributed by atoms with E-state index < -0.39 is 29.2 Å². The van der Waals surface area contributed by atoms with Gasteiger partial charge in [0.1, 0.15) is 24.3 Å². The van der Waals surface area contributed by atoms with Crippen molar-refractivity contribution in [3.05, 3.63) is 35.9 Å². The number of carbonyl (C=O) groups excluding carboxylic acids is 3. The first-order valence-electron chi connectivity index (χ1n) is 8.96. The lowest BCUT2D eigenvalue weighted by Gasteiger charge is -2.35. The minimum Gasteiger partial charge on any atom is -0.469 e. The maximum absolute atomic E-state index is 12.3. The highest BCUT2D eigenvalue weighted by Crippen LogP contribution is 2.38. The number of cyclic esters (lactones) is 1. The molecule has 0 spiro atoms. The predicted octanol–water partition coefficient (Wildman–Crippen LogP) is 3.27. The monoisotopic (exact) mass is 379 g/mol. The molecular formula is C20H29NO6. The number of rotatable bonds is 5. The van der Waals surface area contributed by atoms with E-state index in [4.69, 9.17) is 14.2 Å². The number of hydrogen-bond donors (Lipinski definition) is 0. The van der Waals surface area contributed by atoms with Crippen LogP contribution in [0.15, 0.2) is 30.3 Å². The molecule has 0 radical (unpaired) electrons. The maximum Gasteiger partial charge on any atom is 0.411 e. The first-order valence-corrected chi connectivity index (χ1v) is 8.96. The Morgan fingerprint density at radius 3 is 2.26 bits per heavy atom. The number of carbonyl (C=O) groups is 3. The van der Waals surface area contributed by atoms with Crippen molar-refractivity contribution in [1.82, 2.24) is 4.90 Å². The van der Waals surface area contributed by atoms with Gasteiger partial charge in [0, 0.05) is 0 Å². The third-order valence-corrected chi connectivity index (χ3v) is 3.85. The first-order chi connectivity index (χ1) is 12.7. The molecule has 150 valence electrons. The Morgan fingerprint density at radius 2 is 1.74 bits per heavy atom. The molecule has 1 unspecified atom stereocenters. The number of benzene rings is 1. The van der Waals surface area contributed by atoms with Gasteiger partial charge in [0.05, 0.1) is 13.5 Å². The zero-order valence-electron chi connectivity index (χ0n) is 16.9. The van der Waals surface area contributed by atoms with E-state index in [9.17, 15) is 14.4 Å². The molecule has 0 saturated carbocycles. The van der Waals surface area contributed by atoms with E-state index in [0.29, 0.717) is 5.56 Å². The van der Waals surface area contributed by atoms with Gasteiger partial charge in [0.25, 0.3) is 0 Å². The van der Waals surface area contributed by atoms with Gasteiger partial charge in [-0.3, -0.25) is 14.5 Å². The number of esters is 2. The van der Waals surface area contributed by atoms with Gasteiger partial charge >= 0.3 is 18.0 Å². The topological polar surface area (TPSA) is 82.1 Å². The SMILES string of the molecule is CC.COC(=O)CC1(c2ccccc2)COC(=O)N1CC(=O)OC(C)(C)C. The summed E-state index contributed by atoms with van der Waals surface area (Å²) in [7, 11) is 1.27. The van der Waals surface area contributed by atoms with Crippen molar-refractivity contribution in [2.75, 3.05) is 20.3 Å². The summed E-state index contributed by atoms with van der Waals surface area (Å²) < 4.78 is 15.3. The molecule has 1 aromatic carbocycles. The lowest BCUT2D eigenvalue weighted by atomic mass is 9.86. The van der Waals surface area contributed by atoms with Crippen molar-refractivity contribution in [3.63, 3.8) is 0 Å². The van der Waals surface area contributed by atoms with E-state index in [-0.39, 0.29) is 19.6 Å². The highest BCUT2D eigenvalue weighted by molar-refractivity contribution is 5.82. The molecule has 1 amide bonds. The molecule has 0 N–H and O–H groups in total. The molecule has 0 bridgehead atoms. The van der Waals surface area contributed by atoms with E-state index in [2.05, 4.69) is 0 Å². The second-order valence-electron chi connectivity index (χ2n) is 6.88. The largest absolute Gasteiger partial charge is 0.469 e. The van der Waals surface area contributed by atoms with E-state index in [1.807, 2.05) is 19.9 Å². The van der Waals surface area contributed by atoms with Gasteiger partial charge in [-0.25, -0.2) is 4.79 Å². The molecule has 1 atom stereocenters. The predicted molar refractivity (Wildman–Crippen MR) is 100 cm³/mol. The van der Waals surface area contributed by atoms with Crippen molar-refractivity contribution in [1.29, 1.82) is 0 Å². The molecule has 0 aliphatic carbocycles. The Balaban J connectivity index is 0.00000176. The van der Waals surface area contributed by atoms with Crippen LogP contribution in [-0.2, 0) is 29.3 Å². The van der Waals surface area contributed by atoms with Crippen LogP contribution in [-0.4, -0.2) is 48.8 Å². The molecule has 2 rings (SSSR count). The molecule has 1 aliphatic rings. The third-order valence-electron chi connectivity index (χ3n) is 3.85. The van der Waals surface area contributed by atoms with Crippen molar-refractivity contribution < 1.29 is 28.6 Å². The van der Waals surface area contributed by atoms with Gasteiger partial charge in [-0.2, -0.15) is 0 Å². The van der Waals surface area contributed by atoms with Gasteiger partial charge in [0.15, 0.2) is 0 Å². The van der Waals surface area contributed by atoms with Crippen molar-refractivity contribution in [2.24, 2.45) is 0 Å². The maximum atomic E-state index is 12.3. The highest BCUT2D eigenvalue weighted by Gasteiger charge is 2.51. The van der Waals surface area contributed by atoms with Crippen LogP contribution in [0.4, 0.5) is 4.79 Å². The zero-order valence-corrected chi connectivity index (χ0v) is 16.9. The summed E-state index contributed by atoms with van der Waals surface area (Å²) in [4.78, 5) is 37.7. The summed E-state index contributed by atoms with van der Waals surface area (Å²) in [6.45, 7) is 8.86.